The van der Waals surface area contributed by atoms with Gasteiger partial charge in [0, 0.05) is 17.5 Å². The molecule has 0 fully saturated rings. The van der Waals surface area contributed by atoms with Crippen LogP contribution in [-0.4, -0.2) is 27.5 Å². The zero-order valence-electron chi connectivity index (χ0n) is 15.2. The van der Waals surface area contributed by atoms with Gasteiger partial charge in [0.15, 0.2) is 12.3 Å². The minimum Gasteiger partial charge on any atom is -0.493 e. The fraction of sp³-hybridized carbons (Fsp3) is 0.167. The van der Waals surface area contributed by atoms with E-state index in [0.29, 0.717) is 25.8 Å². The van der Waals surface area contributed by atoms with Gasteiger partial charge in [0.05, 0.1) is 19.4 Å². The van der Waals surface area contributed by atoms with Gasteiger partial charge in [-0.2, -0.15) is 0 Å². The van der Waals surface area contributed by atoms with Crippen LogP contribution >= 0.6 is 31.9 Å². The number of carbonyl (C=O) groups excluding carboxylic acids is 1. The molecule has 1 heterocycles. The fourth-order valence-corrected chi connectivity index (χ4v) is 4.37. The van der Waals surface area contributed by atoms with Gasteiger partial charge in [0.25, 0.3) is 5.69 Å². The summed E-state index contributed by atoms with van der Waals surface area (Å²) in [5, 5.41) is 28.8. The molecule has 11 heteroatoms. The molecule has 2 N–H and O–H groups in total. The van der Waals surface area contributed by atoms with Crippen LogP contribution in [0.5, 0.6) is 11.6 Å². The second-order valence-electron chi connectivity index (χ2n) is 6.20. The Kier molecular flexibility index (Phi) is 5.99. The van der Waals surface area contributed by atoms with Crippen molar-refractivity contribution in [1.82, 2.24) is 4.98 Å². The molecule has 1 amide bonds. The normalized spacial score (nSPS) is 11.3. The minimum absolute atomic E-state index is 0.0575. The predicted octanol–water partition coefficient (Wildman–Crippen LogP) is 5.61. The smallest absolute Gasteiger partial charge is 0.302 e. The molecule has 1 aromatic heterocycles. The third kappa shape index (κ3) is 4.46. The summed E-state index contributed by atoms with van der Waals surface area (Å²) < 4.78 is 6.83. The first-order chi connectivity index (χ1) is 13.7. The molecule has 0 aliphatic rings. The second-order valence-corrected chi connectivity index (χ2v) is 7.91. The van der Waals surface area contributed by atoms with Crippen molar-refractivity contribution in [2.45, 2.75) is 13.8 Å². The molecule has 3 aromatic rings. The van der Waals surface area contributed by atoms with Crippen molar-refractivity contribution in [3.8, 4) is 11.6 Å². The molecule has 29 heavy (non-hydrogen) atoms. The Labute approximate surface area is 181 Å². The van der Waals surface area contributed by atoms with Gasteiger partial charge in [-0.05, 0) is 69.0 Å². The summed E-state index contributed by atoms with van der Waals surface area (Å²) >= 11 is 6.74. The number of ether oxygens (including phenoxy) is 1. The number of non-ortho nitro benzene ring substituents is 1. The zero-order chi connectivity index (χ0) is 21.3. The lowest BCUT2D eigenvalue weighted by Gasteiger charge is -2.09. The van der Waals surface area contributed by atoms with E-state index in [0.717, 1.165) is 5.56 Å². The lowest BCUT2D eigenvalue weighted by Crippen LogP contribution is -2.08. The van der Waals surface area contributed by atoms with Crippen LogP contribution < -0.4 is 4.74 Å². The average Bonchev–Trinajstić information content (AvgIpc) is 2.95. The van der Waals surface area contributed by atoms with E-state index in [4.69, 9.17) is 4.74 Å². The van der Waals surface area contributed by atoms with E-state index >= 15 is 0 Å². The van der Waals surface area contributed by atoms with Gasteiger partial charge < -0.3 is 14.8 Å². The van der Waals surface area contributed by atoms with Crippen LogP contribution in [0.15, 0.2) is 43.4 Å². The number of H-pyrrole nitrogens is 1. The third-order valence-electron chi connectivity index (χ3n) is 4.00. The van der Waals surface area contributed by atoms with Gasteiger partial charge in [-0.3, -0.25) is 14.9 Å². The Balaban J connectivity index is 1.83. The third-order valence-corrected chi connectivity index (χ3v) is 5.18. The van der Waals surface area contributed by atoms with E-state index in [9.17, 15) is 20.0 Å². The molecule has 0 saturated carbocycles. The molecule has 3 rings (SSSR count). The number of aryl methyl sites for hydroxylation is 2. The van der Waals surface area contributed by atoms with E-state index in [2.05, 4.69) is 47.1 Å². The summed E-state index contributed by atoms with van der Waals surface area (Å²) in [4.78, 5) is 25.3. The number of aromatic nitrogens is 1. The summed E-state index contributed by atoms with van der Waals surface area (Å²) in [5.41, 5.74) is 1.81. The molecule has 0 unspecified atom stereocenters. The second kappa shape index (κ2) is 8.29. The van der Waals surface area contributed by atoms with E-state index in [1.54, 1.807) is 6.92 Å². The van der Waals surface area contributed by atoms with Crippen molar-refractivity contribution < 1.29 is 19.6 Å². The quantitative estimate of drug-likeness (QED) is 0.254. The number of nitro benzene ring substituents is 1. The number of nitro groups is 1. The topological polar surface area (TPSA) is 130 Å². The van der Waals surface area contributed by atoms with Crippen LogP contribution in [0.3, 0.4) is 0 Å². The number of aromatic hydroxyl groups is 1. The Morgan fingerprint density at radius 1 is 1.24 bits per heavy atom. The molecule has 0 bridgehead atoms. The van der Waals surface area contributed by atoms with Crippen molar-refractivity contribution in [3.05, 3.63) is 54.5 Å². The molecule has 0 radical (unpaired) electrons. The highest BCUT2D eigenvalue weighted by molar-refractivity contribution is 9.11. The highest BCUT2D eigenvalue weighted by Crippen LogP contribution is 2.39. The van der Waals surface area contributed by atoms with Gasteiger partial charge >= 0.3 is 5.91 Å². The highest BCUT2D eigenvalue weighted by Gasteiger charge is 2.18. The number of hydrogen-bond donors (Lipinski definition) is 2. The highest BCUT2D eigenvalue weighted by atomic mass is 79.9. The number of hydrogen-bond acceptors (Lipinski definition) is 6. The first kappa shape index (κ1) is 20.9. The van der Waals surface area contributed by atoms with Crippen molar-refractivity contribution in [2.24, 2.45) is 10.2 Å². The van der Waals surface area contributed by atoms with Gasteiger partial charge in [-0.25, -0.2) is 0 Å². The molecule has 0 atom stereocenters. The molecule has 0 saturated heterocycles. The van der Waals surface area contributed by atoms with Gasteiger partial charge in [0.1, 0.15) is 5.75 Å². The van der Waals surface area contributed by atoms with E-state index < -0.39 is 10.8 Å². The number of fused-ring (bicyclic) bond motifs is 1. The summed E-state index contributed by atoms with van der Waals surface area (Å²) in [6, 6.07) is 6.31. The fourth-order valence-electron chi connectivity index (χ4n) is 2.73. The van der Waals surface area contributed by atoms with Crippen molar-refractivity contribution in [2.75, 3.05) is 6.61 Å². The molecule has 0 aliphatic carbocycles. The maximum Gasteiger partial charge on any atom is 0.302 e. The van der Waals surface area contributed by atoms with Crippen LogP contribution in [0.1, 0.15) is 11.1 Å². The van der Waals surface area contributed by atoms with Crippen LogP contribution in [0.4, 0.5) is 11.4 Å². The van der Waals surface area contributed by atoms with Gasteiger partial charge in [-0.1, -0.05) is 0 Å². The standard InChI is InChI=1S/C18H14Br2N4O5/c1-8-3-12(19)17(13(20)4-8)29-7-14(25)22-23-16-11-6-10(24(27)28)5-9(2)15(11)21-18(16)26/h3-6,21,26H,7H2,1-2H3. The number of aromatic amines is 1. The maximum absolute atomic E-state index is 12.1. The number of benzene rings is 2. The van der Waals surface area contributed by atoms with Crippen molar-refractivity contribution in [3.63, 3.8) is 0 Å². The Hall–Kier alpha value is -2.79. The van der Waals surface area contributed by atoms with Crippen molar-refractivity contribution >= 4 is 60.0 Å². The van der Waals surface area contributed by atoms with Crippen LogP contribution in [-0.2, 0) is 4.79 Å². The molecule has 150 valence electrons. The largest absolute Gasteiger partial charge is 0.493 e. The molecule has 0 aliphatic heterocycles. The van der Waals surface area contributed by atoms with Crippen molar-refractivity contribution in [1.29, 1.82) is 0 Å². The Morgan fingerprint density at radius 2 is 1.90 bits per heavy atom. The lowest BCUT2D eigenvalue weighted by atomic mass is 10.1. The molecule has 2 aromatic carbocycles. The number of amides is 1. The average molecular weight is 526 g/mol. The number of rotatable bonds is 5. The monoisotopic (exact) mass is 524 g/mol. The lowest BCUT2D eigenvalue weighted by molar-refractivity contribution is -0.384. The maximum atomic E-state index is 12.1. The molecular weight excluding hydrogens is 512 g/mol. The van der Waals surface area contributed by atoms with Gasteiger partial charge in [0.2, 0.25) is 5.88 Å². The van der Waals surface area contributed by atoms with Crippen LogP contribution in [0.2, 0.25) is 0 Å². The number of nitrogens with one attached hydrogen (secondary N) is 1. The number of halogens is 2. The number of nitrogens with zero attached hydrogens (tertiary/aromatic N) is 3. The van der Waals surface area contributed by atoms with Crippen LogP contribution in [0.25, 0.3) is 10.9 Å². The van der Waals surface area contributed by atoms with E-state index in [1.807, 2.05) is 19.1 Å². The molecule has 0 spiro atoms. The van der Waals surface area contributed by atoms with Crippen LogP contribution in [0, 0.1) is 24.0 Å². The summed E-state index contributed by atoms with van der Waals surface area (Å²) in [7, 11) is 0. The zero-order valence-corrected chi connectivity index (χ0v) is 18.4. The Bertz CT molecular complexity index is 1150. The number of azo groups is 1. The summed E-state index contributed by atoms with van der Waals surface area (Å²) in [6.07, 6.45) is 0. The molecule has 9 nitrogen and oxygen atoms in total. The first-order valence-electron chi connectivity index (χ1n) is 8.20. The first-order valence-corrected chi connectivity index (χ1v) is 9.78. The summed E-state index contributed by atoms with van der Waals surface area (Å²) in [5.74, 6) is -0.592. The minimum atomic E-state index is -0.694. The van der Waals surface area contributed by atoms with E-state index in [-0.39, 0.29) is 29.2 Å². The number of carbonyl (C=O) groups is 1. The predicted molar refractivity (Wildman–Crippen MR) is 113 cm³/mol. The SMILES string of the molecule is Cc1cc(Br)c(OCC(=O)N=Nc2c(O)[nH]c3c(C)cc([N+](=O)[O-])cc23)c(Br)c1. The van der Waals surface area contributed by atoms with E-state index in [1.165, 1.54) is 12.1 Å². The molecular formula is C18H14Br2N4O5. The van der Waals surface area contributed by atoms with Gasteiger partial charge in [-0.15, -0.1) is 10.2 Å². The Morgan fingerprint density at radius 3 is 2.52 bits per heavy atom. The summed E-state index contributed by atoms with van der Waals surface area (Å²) in [6.45, 7) is 3.19.